The first-order valence-corrected chi connectivity index (χ1v) is 9.56. The van der Waals surface area contributed by atoms with Crippen LogP contribution in [0.3, 0.4) is 0 Å². The number of aliphatic imine (C=N–C) groups is 1. The first-order chi connectivity index (χ1) is 14.7. The first-order valence-electron chi connectivity index (χ1n) is 9.56. The Morgan fingerprint density at radius 2 is 1.67 bits per heavy atom. The van der Waals surface area contributed by atoms with Crippen LogP contribution in [0.5, 0.6) is 0 Å². The third-order valence-electron chi connectivity index (χ3n) is 4.64. The van der Waals surface area contributed by atoms with E-state index in [1.54, 1.807) is 0 Å². The zero-order chi connectivity index (χ0) is 20.8. The fourth-order valence-electron chi connectivity index (χ4n) is 3.10. The highest BCUT2D eigenvalue weighted by atomic mass is 19.1. The number of nitrogens with zero attached hydrogens (tertiary/aromatic N) is 1. The Kier molecular flexibility index (Phi) is 6.17. The number of halogens is 2. The molecule has 3 aromatic carbocycles. The highest BCUT2D eigenvalue weighted by Gasteiger charge is 2.26. The molecule has 0 bridgehead atoms. The van der Waals surface area contributed by atoms with Crippen molar-refractivity contribution in [3.63, 3.8) is 0 Å². The van der Waals surface area contributed by atoms with E-state index in [4.69, 9.17) is 9.47 Å². The second-order valence-electron chi connectivity index (χ2n) is 6.76. The predicted octanol–water partition coefficient (Wildman–Crippen LogP) is 5.05. The minimum Gasteiger partial charge on any atom is -0.475 e. The van der Waals surface area contributed by atoms with Gasteiger partial charge in [-0.25, -0.2) is 13.8 Å². The molecule has 30 heavy (non-hydrogen) atoms. The van der Waals surface area contributed by atoms with Crippen LogP contribution in [0.15, 0.2) is 77.8 Å². The van der Waals surface area contributed by atoms with Crippen LogP contribution in [0.1, 0.15) is 28.3 Å². The minimum absolute atomic E-state index is 0.000000296. The van der Waals surface area contributed by atoms with E-state index in [1.807, 2.05) is 54.6 Å². The monoisotopic (exact) mass is 403 g/mol. The lowest BCUT2D eigenvalue weighted by molar-refractivity contribution is 0.153. The van der Waals surface area contributed by atoms with E-state index < -0.39 is 11.6 Å². The third-order valence-corrected chi connectivity index (χ3v) is 4.64. The van der Waals surface area contributed by atoms with Crippen LogP contribution < -0.4 is 0 Å². The molecule has 1 aliphatic heterocycles. The van der Waals surface area contributed by atoms with Gasteiger partial charge in [-0.15, -0.1) is 0 Å². The predicted molar refractivity (Wildman–Crippen MR) is 111 cm³/mol. The van der Waals surface area contributed by atoms with Crippen LogP contribution in [-0.2, 0) is 16.1 Å². The molecule has 0 radical (unpaired) electrons. The molecule has 3 nitrogen and oxygen atoms in total. The second kappa shape index (κ2) is 9.34. The molecular formula is C25H19F2NO2. The second-order valence-corrected chi connectivity index (χ2v) is 6.76. The van der Waals surface area contributed by atoms with Crippen LogP contribution in [0.2, 0.25) is 0 Å². The molecular weight excluding hydrogens is 384 g/mol. The molecule has 0 saturated carbocycles. The lowest BCUT2D eigenvalue weighted by Gasteiger charge is -2.07. The fraction of sp³-hybridized carbons (Fsp3) is 0.160. The van der Waals surface area contributed by atoms with Gasteiger partial charge in [0.15, 0.2) is 0 Å². The summed E-state index contributed by atoms with van der Waals surface area (Å²) >= 11 is 0. The Morgan fingerprint density at radius 1 is 0.933 bits per heavy atom. The number of hydrogen-bond acceptors (Lipinski definition) is 3. The van der Waals surface area contributed by atoms with Crippen LogP contribution in [0.4, 0.5) is 8.78 Å². The van der Waals surface area contributed by atoms with Crippen molar-refractivity contribution in [1.82, 2.24) is 0 Å². The summed E-state index contributed by atoms with van der Waals surface area (Å²) in [7, 11) is 0. The summed E-state index contributed by atoms with van der Waals surface area (Å²) in [5.74, 6) is 4.67. The molecule has 5 heteroatoms. The van der Waals surface area contributed by atoms with Gasteiger partial charge in [0.05, 0.1) is 6.61 Å². The van der Waals surface area contributed by atoms with E-state index in [1.165, 1.54) is 18.2 Å². The summed E-state index contributed by atoms with van der Waals surface area (Å²) in [6.07, 6.45) is 0. The molecule has 0 amide bonds. The van der Waals surface area contributed by atoms with Crippen molar-refractivity contribution in [2.24, 2.45) is 4.99 Å². The van der Waals surface area contributed by atoms with Crippen LogP contribution in [0, 0.1) is 23.5 Å². The summed E-state index contributed by atoms with van der Waals surface area (Å²) in [5, 5.41) is 0. The van der Waals surface area contributed by atoms with Gasteiger partial charge in [-0.05, 0) is 35.4 Å². The van der Waals surface area contributed by atoms with Crippen LogP contribution in [0.25, 0.3) is 0 Å². The quantitative estimate of drug-likeness (QED) is 0.441. The normalized spacial score (nSPS) is 15.1. The topological polar surface area (TPSA) is 30.8 Å². The van der Waals surface area contributed by atoms with Crippen LogP contribution >= 0.6 is 0 Å². The Balaban J connectivity index is 1.34. The molecule has 0 spiro atoms. The zero-order valence-corrected chi connectivity index (χ0v) is 16.1. The summed E-state index contributed by atoms with van der Waals surface area (Å²) in [6.45, 7) is 1.03. The van der Waals surface area contributed by atoms with E-state index >= 15 is 0 Å². The molecule has 1 unspecified atom stereocenters. The van der Waals surface area contributed by atoms with E-state index in [9.17, 15) is 8.78 Å². The SMILES string of the molecule is Fc1cccc(F)c1C1=NC(c2ccc(COCC#Cc3ccccc3)cc2)CO1. The van der Waals surface area contributed by atoms with E-state index in [2.05, 4.69) is 16.8 Å². The van der Waals surface area contributed by atoms with E-state index in [-0.39, 0.29) is 24.1 Å². The summed E-state index contributed by atoms with van der Waals surface area (Å²) in [4.78, 5) is 4.36. The third kappa shape index (κ3) is 4.73. The summed E-state index contributed by atoms with van der Waals surface area (Å²) in [6, 6.07) is 20.9. The van der Waals surface area contributed by atoms with Gasteiger partial charge in [-0.3, -0.25) is 0 Å². The maximum atomic E-state index is 13.9. The summed E-state index contributed by atoms with van der Waals surface area (Å²) in [5.41, 5.74) is 2.65. The van der Waals surface area contributed by atoms with Gasteiger partial charge in [0.25, 0.3) is 0 Å². The number of rotatable bonds is 5. The van der Waals surface area contributed by atoms with Crippen molar-refractivity contribution in [1.29, 1.82) is 0 Å². The molecule has 150 valence electrons. The molecule has 3 aromatic rings. The Morgan fingerprint density at radius 3 is 2.40 bits per heavy atom. The molecule has 4 rings (SSSR count). The maximum absolute atomic E-state index is 13.9. The van der Waals surface area contributed by atoms with Crippen molar-refractivity contribution in [2.45, 2.75) is 12.6 Å². The van der Waals surface area contributed by atoms with Crippen molar-refractivity contribution >= 4 is 5.90 Å². The van der Waals surface area contributed by atoms with Gasteiger partial charge in [-0.2, -0.15) is 0 Å². The molecule has 1 aliphatic rings. The number of hydrogen-bond donors (Lipinski definition) is 0. The van der Waals surface area contributed by atoms with E-state index in [0.29, 0.717) is 13.2 Å². The molecule has 0 saturated heterocycles. The van der Waals surface area contributed by atoms with Gasteiger partial charge in [0.1, 0.15) is 36.5 Å². The fourth-order valence-corrected chi connectivity index (χ4v) is 3.10. The summed E-state index contributed by atoms with van der Waals surface area (Å²) < 4.78 is 38.9. The van der Waals surface area contributed by atoms with Gasteiger partial charge < -0.3 is 9.47 Å². The highest BCUT2D eigenvalue weighted by molar-refractivity contribution is 5.95. The molecule has 0 N–H and O–H groups in total. The maximum Gasteiger partial charge on any atom is 0.222 e. The lowest BCUT2D eigenvalue weighted by Crippen LogP contribution is -2.07. The van der Waals surface area contributed by atoms with Crippen molar-refractivity contribution in [3.05, 3.63) is 107 Å². The highest BCUT2D eigenvalue weighted by Crippen LogP contribution is 2.27. The average molecular weight is 403 g/mol. The molecule has 0 aromatic heterocycles. The number of ether oxygens (including phenoxy) is 2. The molecule has 1 heterocycles. The van der Waals surface area contributed by atoms with Crippen molar-refractivity contribution in [3.8, 4) is 11.8 Å². The number of benzene rings is 3. The van der Waals surface area contributed by atoms with Gasteiger partial charge in [-0.1, -0.05) is 60.4 Å². The minimum atomic E-state index is -0.683. The Labute approximate surface area is 174 Å². The molecule has 0 fully saturated rings. The van der Waals surface area contributed by atoms with Gasteiger partial charge in [0, 0.05) is 5.56 Å². The van der Waals surface area contributed by atoms with E-state index in [0.717, 1.165) is 16.7 Å². The lowest BCUT2D eigenvalue weighted by atomic mass is 10.1. The van der Waals surface area contributed by atoms with Crippen LogP contribution in [-0.4, -0.2) is 19.1 Å². The Bertz CT molecular complexity index is 1080. The zero-order valence-electron chi connectivity index (χ0n) is 16.1. The molecule has 0 aliphatic carbocycles. The van der Waals surface area contributed by atoms with Crippen molar-refractivity contribution in [2.75, 3.05) is 13.2 Å². The average Bonchev–Trinajstić information content (AvgIpc) is 3.24. The molecule has 1 atom stereocenters. The van der Waals surface area contributed by atoms with Gasteiger partial charge >= 0.3 is 0 Å². The largest absolute Gasteiger partial charge is 0.475 e. The Hall–Kier alpha value is -3.49. The smallest absolute Gasteiger partial charge is 0.222 e. The van der Waals surface area contributed by atoms with Crippen molar-refractivity contribution < 1.29 is 18.3 Å². The standard InChI is InChI=1S/C25H19F2NO2/c26-21-9-4-10-22(27)24(21)25-28-23(17-30-25)20-13-11-19(12-14-20)16-29-15-5-8-18-6-2-1-3-7-18/h1-4,6-7,9-14,23H,15-17H2. The first kappa shape index (κ1) is 19.8. The van der Waals surface area contributed by atoms with Gasteiger partial charge in [0.2, 0.25) is 5.90 Å².